The molecule has 1 aromatic carbocycles. The number of nitrogens with one attached hydrogen (secondary N) is 1. The van der Waals surface area contributed by atoms with Crippen LogP contribution in [-0.2, 0) is 18.4 Å². The Bertz CT molecular complexity index is 930. The van der Waals surface area contributed by atoms with E-state index < -0.39 is 0 Å². The number of para-hydroxylation sites is 2. The molecule has 1 aliphatic heterocycles. The van der Waals surface area contributed by atoms with Crippen LogP contribution in [0.3, 0.4) is 0 Å². The minimum atomic E-state index is -0.0799. The zero-order valence-electron chi connectivity index (χ0n) is 17.5. The van der Waals surface area contributed by atoms with Crippen LogP contribution in [-0.4, -0.2) is 46.1 Å². The molecule has 0 fully saturated rings. The molecule has 0 aliphatic carbocycles. The molecule has 0 saturated heterocycles. The topological polar surface area (TPSA) is 59.3 Å². The number of hydrogen-bond donors (Lipinski definition) is 1. The van der Waals surface area contributed by atoms with E-state index in [4.69, 9.17) is 0 Å². The Morgan fingerprint density at radius 3 is 2.50 bits per heavy atom. The molecule has 6 heteroatoms. The number of carbonyl (C=O) groups excluding carboxylic acids is 1. The van der Waals surface area contributed by atoms with E-state index in [2.05, 4.69) is 37.1 Å². The zero-order chi connectivity index (χ0) is 20.3. The summed E-state index contributed by atoms with van der Waals surface area (Å²) >= 11 is 0. The van der Waals surface area contributed by atoms with Gasteiger partial charge in [0.05, 0.1) is 11.0 Å². The lowest BCUT2D eigenvalue weighted by Crippen LogP contribution is -2.38. The van der Waals surface area contributed by atoms with Gasteiger partial charge >= 0.3 is 5.69 Å². The Morgan fingerprint density at radius 1 is 1.14 bits per heavy atom. The van der Waals surface area contributed by atoms with E-state index in [-0.39, 0.29) is 17.0 Å². The molecule has 1 aromatic heterocycles. The van der Waals surface area contributed by atoms with Crippen molar-refractivity contribution in [2.24, 2.45) is 12.5 Å². The van der Waals surface area contributed by atoms with Crippen LogP contribution in [0.15, 0.2) is 40.7 Å². The van der Waals surface area contributed by atoms with E-state index in [0.717, 1.165) is 37.1 Å². The van der Waals surface area contributed by atoms with E-state index in [1.54, 1.807) is 16.2 Å². The van der Waals surface area contributed by atoms with E-state index in [0.29, 0.717) is 19.5 Å². The fraction of sp³-hybridized carbons (Fsp3) is 0.545. The van der Waals surface area contributed by atoms with Gasteiger partial charge in [-0.15, -0.1) is 0 Å². The van der Waals surface area contributed by atoms with Crippen molar-refractivity contribution < 1.29 is 4.79 Å². The third-order valence-corrected chi connectivity index (χ3v) is 5.62. The van der Waals surface area contributed by atoms with Crippen molar-refractivity contribution in [1.82, 2.24) is 19.4 Å². The summed E-state index contributed by atoms with van der Waals surface area (Å²) in [5, 5.41) is 2.99. The van der Waals surface area contributed by atoms with Gasteiger partial charge in [0, 0.05) is 46.2 Å². The third-order valence-electron chi connectivity index (χ3n) is 5.62. The van der Waals surface area contributed by atoms with Gasteiger partial charge in [0.1, 0.15) is 0 Å². The molecule has 2 aromatic rings. The van der Waals surface area contributed by atoms with E-state index in [9.17, 15) is 9.59 Å². The first-order valence-corrected chi connectivity index (χ1v) is 10.1. The van der Waals surface area contributed by atoms with Crippen molar-refractivity contribution in [2.45, 2.75) is 40.2 Å². The number of hydrogen-bond acceptors (Lipinski definition) is 3. The lowest BCUT2D eigenvalue weighted by atomic mass is 9.83. The second-order valence-corrected chi connectivity index (χ2v) is 8.61. The van der Waals surface area contributed by atoms with Crippen LogP contribution in [0.2, 0.25) is 0 Å². The minimum absolute atomic E-state index is 0.0113. The van der Waals surface area contributed by atoms with Gasteiger partial charge in [0.2, 0.25) is 5.91 Å². The molecule has 1 N–H and O–H groups in total. The van der Waals surface area contributed by atoms with Crippen molar-refractivity contribution in [2.75, 3.05) is 26.2 Å². The molecule has 0 spiro atoms. The molecule has 0 unspecified atom stereocenters. The summed E-state index contributed by atoms with van der Waals surface area (Å²) in [4.78, 5) is 27.0. The first kappa shape index (κ1) is 20.4. The van der Waals surface area contributed by atoms with E-state index >= 15 is 0 Å². The number of benzene rings is 1. The number of aryl methyl sites for hydroxylation is 2. The fourth-order valence-corrected chi connectivity index (χ4v) is 3.83. The Hall–Kier alpha value is -2.34. The zero-order valence-corrected chi connectivity index (χ0v) is 17.5. The van der Waals surface area contributed by atoms with Gasteiger partial charge in [0.25, 0.3) is 0 Å². The molecule has 0 atom stereocenters. The van der Waals surface area contributed by atoms with Crippen LogP contribution in [0, 0.1) is 5.41 Å². The average Bonchev–Trinajstić information content (AvgIpc) is 2.91. The molecule has 3 rings (SSSR count). The van der Waals surface area contributed by atoms with Crippen molar-refractivity contribution >= 4 is 16.9 Å². The smallest absolute Gasteiger partial charge is 0.328 e. The first-order valence-electron chi connectivity index (χ1n) is 10.1. The molecule has 6 nitrogen and oxygen atoms in total. The lowest BCUT2D eigenvalue weighted by Gasteiger charge is -2.32. The third kappa shape index (κ3) is 4.55. The SMILES string of the molecule is Cn1c(=O)n(CCC(=O)NCCN2CC=C(C(C)(C)C)CC2)c2ccccc21. The van der Waals surface area contributed by atoms with Crippen LogP contribution < -0.4 is 11.0 Å². The van der Waals surface area contributed by atoms with Gasteiger partial charge in [-0.2, -0.15) is 0 Å². The summed E-state index contributed by atoms with van der Waals surface area (Å²) in [5.41, 5.74) is 3.45. The highest BCUT2D eigenvalue weighted by Gasteiger charge is 2.21. The maximum absolute atomic E-state index is 12.4. The number of nitrogens with zero attached hydrogens (tertiary/aromatic N) is 3. The molecule has 28 heavy (non-hydrogen) atoms. The van der Waals surface area contributed by atoms with Gasteiger partial charge in [0.15, 0.2) is 0 Å². The lowest BCUT2D eigenvalue weighted by molar-refractivity contribution is -0.121. The van der Waals surface area contributed by atoms with Crippen LogP contribution in [0.5, 0.6) is 0 Å². The van der Waals surface area contributed by atoms with Gasteiger partial charge in [-0.3, -0.25) is 18.8 Å². The maximum Gasteiger partial charge on any atom is 0.328 e. The van der Waals surface area contributed by atoms with Crippen LogP contribution in [0.25, 0.3) is 11.0 Å². The molecule has 0 saturated carbocycles. The van der Waals surface area contributed by atoms with Crippen molar-refractivity contribution in [3.8, 4) is 0 Å². The minimum Gasteiger partial charge on any atom is -0.355 e. The molecule has 1 aliphatic rings. The second-order valence-electron chi connectivity index (χ2n) is 8.61. The Morgan fingerprint density at radius 2 is 1.86 bits per heavy atom. The van der Waals surface area contributed by atoms with Crippen molar-refractivity contribution in [3.63, 3.8) is 0 Å². The highest BCUT2D eigenvalue weighted by molar-refractivity contribution is 5.77. The van der Waals surface area contributed by atoms with Gasteiger partial charge < -0.3 is 5.32 Å². The van der Waals surface area contributed by atoms with Gasteiger partial charge in [-0.25, -0.2) is 4.79 Å². The summed E-state index contributed by atoms with van der Waals surface area (Å²) in [6.45, 7) is 10.7. The van der Waals surface area contributed by atoms with Crippen LogP contribution in [0.1, 0.15) is 33.6 Å². The Kier molecular flexibility index (Phi) is 6.08. The summed E-state index contributed by atoms with van der Waals surface area (Å²) in [7, 11) is 1.76. The molecular formula is C22H32N4O2. The Labute approximate surface area is 166 Å². The van der Waals surface area contributed by atoms with E-state index in [1.165, 1.54) is 5.57 Å². The number of carbonyl (C=O) groups is 1. The average molecular weight is 385 g/mol. The quantitative estimate of drug-likeness (QED) is 0.779. The molecule has 0 bridgehead atoms. The van der Waals surface area contributed by atoms with Crippen LogP contribution in [0.4, 0.5) is 0 Å². The molecule has 0 radical (unpaired) electrons. The Balaban J connectivity index is 1.46. The summed E-state index contributed by atoms with van der Waals surface area (Å²) in [5.74, 6) is -0.0113. The summed E-state index contributed by atoms with van der Waals surface area (Å²) in [6, 6.07) is 7.67. The van der Waals surface area contributed by atoms with Crippen molar-refractivity contribution in [1.29, 1.82) is 0 Å². The van der Waals surface area contributed by atoms with Gasteiger partial charge in [-0.05, 0) is 24.0 Å². The fourth-order valence-electron chi connectivity index (χ4n) is 3.83. The first-order chi connectivity index (χ1) is 13.3. The highest BCUT2D eigenvalue weighted by Crippen LogP contribution is 2.29. The normalized spacial score (nSPS) is 15.6. The molecule has 1 amide bonds. The number of fused-ring (bicyclic) bond motifs is 1. The predicted molar refractivity (Wildman–Crippen MR) is 113 cm³/mol. The number of aromatic nitrogens is 2. The summed E-state index contributed by atoms with van der Waals surface area (Å²) in [6.07, 6.45) is 3.74. The standard InChI is InChI=1S/C22H32N4O2/c1-22(2,3)17-9-13-25(14-10-17)16-12-23-20(27)11-15-26-19-8-6-5-7-18(19)24(4)21(26)28/h5-9H,10-16H2,1-4H3,(H,23,27). The highest BCUT2D eigenvalue weighted by atomic mass is 16.2. The van der Waals surface area contributed by atoms with E-state index in [1.807, 2.05) is 24.3 Å². The number of rotatable bonds is 6. The maximum atomic E-state index is 12.4. The molecule has 152 valence electrons. The largest absolute Gasteiger partial charge is 0.355 e. The summed E-state index contributed by atoms with van der Waals surface area (Å²) < 4.78 is 3.31. The molecule has 2 heterocycles. The monoisotopic (exact) mass is 384 g/mol. The predicted octanol–water partition coefficient (Wildman–Crippen LogP) is 2.52. The number of amides is 1. The number of imidazole rings is 1. The second kappa shape index (κ2) is 8.35. The molecular weight excluding hydrogens is 352 g/mol. The van der Waals surface area contributed by atoms with Gasteiger partial charge in [-0.1, -0.05) is 44.6 Å². The van der Waals surface area contributed by atoms with Crippen molar-refractivity contribution in [3.05, 3.63) is 46.4 Å². The van der Waals surface area contributed by atoms with Crippen LogP contribution >= 0.6 is 0 Å².